The van der Waals surface area contributed by atoms with Crippen molar-refractivity contribution in [1.82, 2.24) is 5.32 Å². The summed E-state index contributed by atoms with van der Waals surface area (Å²) in [5, 5.41) is 2.39. The number of ether oxygens (including phenoxy) is 1. The van der Waals surface area contributed by atoms with Gasteiger partial charge in [0.05, 0.1) is 6.26 Å². The zero-order chi connectivity index (χ0) is 26.3. The summed E-state index contributed by atoms with van der Waals surface area (Å²) in [6, 6.07) is 13.7. The normalized spacial score (nSPS) is 17.9. The predicted octanol–water partition coefficient (Wildman–Crippen LogP) is 3.42. The summed E-state index contributed by atoms with van der Waals surface area (Å²) in [5.74, 6) is -2.24. The highest BCUT2D eigenvalue weighted by atomic mass is 32.2. The average molecular weight is 523 g/mol. The van der Waals surface area contributed by atoms with Crippen molar-refractivity contribution in [2.75, 3.05) is 6.26 Å². The van der Waals surface area contributed by atoms with E-state index in [1.165, 1.54) is 48.5 Å². The van der Waals surface area contributed by atoms with Crippen LogP contribution in [0.2, 0.25) is 0 Å². The minimum Gasteiger partial charge on any atom is -0.406 e. The van der Waals surface area contributed by atoms with E-state index in [4.69, 9.17) is 9.92 Å². The Labute approximate surface area is 202 Å². The molecule has 0 aliphatic carbocycles. The van der Waals surface area contributed by atoms with Crippen molar-refractivity contribution in [1.29, 1.82) is 0 Å². The summed E-state index contributed by atoms with van der Waals surface area (Å²) in [7, 11) is -3.80. The van der Waals surface area contributed by atoms with Gasteiger partial charge in [-0.15, -0.1) is 13.2 Å². The van der Waals surface area contributed by atoms with E-state index in [0.29, 0.717) is 0 Å². The van der Waals surface area contributed by atoms with Crippen LogP contribution in [0.25, 0.3) is 11.1 Å². The minimum atomic E-state index is -4.94. The molecule has 36 heavy (non-hydrogen) atoms. The van der Waals surface area contributed by atoms with Crippen molar-refractivity contribution in [3.8, 4) is 22.6 Å². The Balaban J connectivity index is 1.83. The average Bonchev–Trinajstić information content (AvgIpc) is 3.07. The summed E-state index contributed by atoms with van der Waals surface area (Å²) in [5.41, 5.74) is 4.29. The highest BCUT2D eigenvalue weighted by molar-refractivity contribution is 7.86. The maximum absolute atomic E-state index is 14.8. The van der Waals surface area contributed by atoms with Crippen molar-refractivity contribution in [2.45, 2.75) is 11.9 Å². The van der Waals surface area contributed by atoms with Crippen molar-refractivity contribution in [2.24, 2.45) is 10.7 Å². The van der Waals surface area contributed by atoms with Crippen LogP contribution in [0, 0.1) is 5.82 Å². The van der Waals surface area contributed by atoms with Gasteiger partial charge in [0.25, 0.3) is 5.91 Å². The van der Waals surface area contributed by atoms with Crippen LogP contribution in [0.15, 0.2) is 71.7 Å². The number of alkyl halides is 3. The van der Waals surface area contributed by atoms with E-state index in [2.05, 4.69) is 15.0 Å². The molecule has 1 aliphatic rings. The first-order valence-corrected chi connectivity index (χ1v) is 11.9. The lowest BCUT2D eigenvalue weighted by molar-refractivity contribution is -0.274. The number of halogens is 4. The number of benzene rings is 3. The minimum absolute atomic E-state index is 0.0203. The van der Waals surface area contributed by atoms with E-state index < -0.39 is 39.5 Å². The molecule has 0 saturated heterocycles. The Hall–Kier alpha value is -4.13. The van der Waals surface area contributed by atoms with Gasteiger partial charge in [0, 0.05) is 5.56 Å². The number of hydrogen-bond acceptors (Lipinski definition) is 7. The van der Waals surface area contributed by atoms with Gasteiger partial charge in [-0.05, 0) is 53.1 Å². The Bertz CT molecular complexity index is 1470. The molecule has 1 atom stereocenters. The Morgan fingerprint density at radius 3 is 2.22 bits per heavy atom. The summed E-state index contributed by atoms with van der Waals surface area (Å²) in [6.07, 6.45) is -4.07. The number of rotatable bonds is 6. The third kappa shape index (κ3) is 5.10. The second-order valence-corrected chi connectivity index (χ2v) is 9.32. The molecule has 3 aromatic rings. The third-order valence-corrected chi connectivity index (χ3v) is 5.64. The van der Waals surface area contributed by atoms with Crippen LogP contribution in [-0.2, 0) is 20.5 Å². The molecular formula is C23H17F4N3O5S. The molecule has 0 spiro atoms. The summed E-state index contributed by atoms with van der Waals surface area (Å²) in [6.45, 7) is 0. The fraction of sp³-hybridized carbons (Fsp3) is 0.130. The SMILES string of the molecule is CS(=O)(=O)Oc1ccc(C2(c3ccc(F)c(-c4cccc(OC(F)(F)F)c4)c3)N=C(N)NC2=O)cc1. The number of carbonyl (C=O) groups is 1. The Morgan fingerprint density at radius 2 is 1.64 bits per heavy atom. The fourth-order valence-electron chi connectivity index (χ4n) is 3.78. The molecular weight excluding hydrogens is 506 g/mol. The lowest BCUT2D eigenvalue weighted by Gasteiger charge is -2.25. The van der Waals surface area contributed by atoms with Crippen molar-refractivity contribution in [3.05, 3.63) is 83.7 Å². The Kier molecular flexibility index (Phi) is 6.12. The summed E-state index contributed by atoms with van der Waals surface area (Å²) in [4.78, 5) is 17.3. The lowest BCUT2D eigenvalue weighted by Crippen LogP contribution is -2.39. The summed E-state index contributed by atoms with van der Waals surface area (Å²) >= 11 is 0. The Morgan fingerprint density at radius 1 is 0.972 bits per heavy atom. The zero-order valence-corrected chi connectivity index (χ0v) is 19.2. The highest BCUT2D eigenvalue weighted by Crippen LogP contribution is 2.40. The smallest absolute Gasteiger partial charge is 0.406 e. The number of nitrogens with one attached hydrogen (secondary N) is 1. The lowest BCUT2D eigenvalue weighted by atomic mass is 9.82. The van der Waals surface area contributed by atoms with E-state index in [-0.39, 0.29) is 34.0 Å². The number of nitrogens with two attached hydrogens (primary N) is 1. The number of guanidine groups is 1. The topological polar surface area (TPSA) is 120 Å². The van der Waals surface area contributed by atoms with E-state index in [0.717, 1.165) is 24.5 Å². The van der Waals surface area contributed by atoms with Gasteiger partial charge in [-0.2, -0.15) is 8.42 Å². The van der Waals surface area contributed by atoms with Crippen LogP contribution >= 0.6 is 0 Å². The molecule has 1 aliphatic heterocycles. The van der Waals surface area contributed by atoms with Crippen LogP contribution in [0.4, 0.5) is 17.6 Å². The molecule has 13 heteroatoms. The van der Waals surface area contributed by atoms with Gasteiger partial charge >= 0.3 is 16.5 Å². The number of aliphatic imine (C=N–C) groups is 1. The zero-order valence-electron chi connectivity index (χ0n) is 18.3. The van der Waals surface area contributed by atoms with Crippen LogP contribution in [-0.4, -0.2) is 32.9 Å². The highest BCUT2D eigenvalue weighted by Gasteiger charge is 2.47. The first-order chi connectivity index (χ1) is 16.8. The van der Waals surface area contributed by atoms with Gasteiger partial charge < -0.3 is 14.7 Å². The molecule has 1 unspecified atom stereocenters. The van der Waals surface area contributed by atoms with E-state index >= 15 is 0 Å². The molecule has 8 nitrogen and oxygen atoms in total. The largest absolute Gasteiger partial charge is 0.573 e. The fourth-order valence-corrected chi connectivity index (χ4v) is 4.24. The molecule has 0 bridgehead atoms. The molecule has 3 aromatic carbocycles. The number of hydrogen-bond donors (Lipinski definition) is 2. The first-order valence-electron chi connectivity index (χ1n) is 10.1. The van der Waals surface area contributed by atoms with Crippen LogP contribution in [0.3, 0.4) is 0 Å². The first kappa shape index (κ1) is 25.0. The van der Waals surface area contributed by atoms with E-state index in [1.807, 2.05) is 0 Å². The molecule has 3 N–H and O–H groups in total. The van der Waals surface area contributed by atoms with Crippen LogP contribution < -0.4 is 20.0 Å². The third-order valence-electron chi connectivity index (χ3n) is 5.14. The maximum Gasteiger partial charge on any atom is 0.573 e. The predicted molar refractivity (Wildman–Crippen MR) is 121 cm³/mol. The van der Waals surface area contributed by atoms with Gasteiger partial charge in [0.15, 0.2) is 11.5 Å². The molecule has 0 fully saturated rings. The number of amides is 1. The van der Waals surface area contributed by atoms with Crippen LogP contribution in [0.1, 0.15) is 11.1 Å². The quantitative estimate of drug-likeness (QED) is 0.378. The molecule has 1 amide bonds. The number of carbonyl (C=O) groups excluding carboxylic acids is 1. The molecule has 1 heterocycles. The van der Waals surface area contributed by atoms with Gasteiger partial charge in [0.2, 0.25) is 0 Å². The maximum atomic E-state index is 14.8. The monoisotopic (exact) mass is 523 g/mol. The standard InChI is InChI=1S/C23H17F4N3O5S/c1-36(32,33)35-16-8-5-14(6-9-16)22(20(31)29-21(28)30-22)15-7-10-19(24)18(12-15)13-3-2-4-17(11-13)34-23(25,26)27/h2-12H,1H3,(H3,28,29,30,31). The van der Waals surface area contributed by atoms with Gasteiger partial charge in [-0.25, -0.2) is 9.38 Å². The second kappa shape index (κ2) is 8.82. The molecule has 188 valence electrons. The number of nitrogens with zero attached hydrogens (tertiary/aromatic N) is 1. The van der Waals surface area contributed by atoms with Crippen molar-refractivity contribution in [3.63, 3.8) is 0 Å². The van der Waals surface area contributed by atoms with E-state index in [9.17, 15) is 30.8 Å². The molecule has 0 saturated carbocycles. The summed E-state index contributed by atoms with van der Waals surface area (Å²) < 4.78 is 84.3. The molecule has 0 radical (unpaired) electrons. The van der Waals surface area contributed by atoms with Crippen molar-refractivity contribution < 1.29 is 39.7 Å². The van der Waals surface area contributed by atoms with Gasteiger partial charge in [-0.3, -0.25) is 10.1 Å². The van der Waals surface area contributed by atoms with E-state index in [1.54, 1.807) is 0 Å². The van der Waals surface area contributed by atoms with Crippen LogP contribution in [0.5, 0.6) is 11.5 Å². The molecule has 4 rings (SSSR count). The van der Waals surface area contributed by atoms with Gasteiger partial charge in [-0.1, -0.05) is 30.3 Å². The van der Waals surface area contributed by atoms with Crippen molar-refractivity contribution >= 4 is 22.0 Å². The second-order valence-electron chi connectivity index (χ2n) is 7.74. The molecule has 0 aromatic heterocycles. The van der Waals surface area contributed by atoms with Gasteiger partial charge in [0.1, 0.15) is 17.3 Å².